The third-order valence-electron chi connectivity index (χ3n) is 5.23. The summed E-state index contributed by atoms with van der Waals surface area (Å²) in [5.41, 5.74) is 7.89. The Balaban J connectivity index is 1.46. The average molecular weight is 308 g/mol. The van der Waals surface area contributed by atoms with Crippen LogP contribution >= 0.6 is 0 Å². The molecule has 2 aromatic carbocycles. The van der Waals surface area contributed by atoms with Crippen molar-refractivity contribution in [2.45, 2.75) is 44.2 Å². The Hall–Kier alpha value is -2.00. The molecular formula is C20H24N2O. The van der Waals surface area contributed by atoms with Crippen molar-refractivity contribution in [1.82, 2.24) is 4.90 Å². The summed E-state index contributed by atoms with van der Waals surface area (Å²) in [4.78, 5) is 2.72. The van der Waals surface area contributed by atoms with Gasteiger partial charge in [-0.05, 0) is 74.2 Å². The summed E-state index contributed by atoms with van der Waals surface area (Å²) in [6, 6.07) is 17.6. The molecule has 2 saturated heterocycles. The van der Waals surface area contributed by atoms with Gasteiger partial charge < -0.3 is 10.5 Å². The third-order valence-corrected chi connectivity index (χ3v) is 5.23. The molecule has 0 amide bonds. The van der Waals surface area contributed by atoms with Crippen LogP contribution < -0.4 is 10.5 Å². The molecule has 2 aliphatic heterocycles. The first kappa shape index (κ1) is 14.6. The quantitative estimate of drug-likeness (QED) is 0.832. The molecule has 3 nitrogen and oxygen atoms in total. The fourth-order valence-electron chi connectivity index (χ4n) is 4.05. The Labute approximate surface area is 138 Å². The van der Waals surface area contributed by atoms with Gasteiger partial charge in [0, 0.05) is 17.8 Å². The summed E-state index contributed by atoms with van der Waals surface area (Å²) in [5, 5.41) is 0. The minimum absolute atomic E-state index is 0.603. The van der Waals surface area contributed by atoms with Crippen molar-refractivity contribution in [3.05, 3.63) is 54.1 Å². The third kappa shape index (κ3) is 3.06. The number of hydrogen-bond donors (Lipinski definition) is 1. The number of rotatable bonds is 3. The molecule has 2 aliphatic rings. The van der Waals surface area contributed by atoms with Crippen LogP contribution in [-0.2, 0) is 0 Å². The van der Waals surface area contributed by atoms with Crippen LogP contribution in [0.1, 0.15) is 43.7 Å². The Morgan fingerprint density at radius 1 is 0.826 bits per heavy atom. The van der Waals surface area contributed by atoms with Gasteiger partial charge in [-0.3, -0.25) is 4.90 Å². The molecule has 2 heterocycles. The number of fused-ring (bicyclic) bond motifs is 1. The lowest BCUT2D eigenvalue weighted by Gasteiger charge is -2.34. The van der Waals surface area contributed by atoms with Gasteiger partial charge in [0.05, 0.1) is 0 Å². The van der Waals surface area contributed by atoms with E-state index in [0.29, 0.717) is 6.04 Å². The normalized spacial score (nSPS) is 24.3. The summed E-state index contributed by atoms with van der Waals surface area (Å²) in [7, 11) is 0. The van der Waals surface area contributed by atoms with E-state index in [1.54, 1.807) is 0 Å². The summed E-state index contributed by atoms with van der Waals surface area (Å²) in [5.74, 6) is 1.70. The molecule has 2 N–H and O–H groups in total. The van der Waals surface area contributed by atoms with Crippen molar-refractivity contribution < 1.29 is 4.74 Å². The van der Waals surface area contributed by atoms with Crippen LogP contribution in [0.5, 0.6) is 11.5 Å². The minimum atomic E-state index is 0.603. The second-order valence-electron chi connectivity index (χ2n) is 6.72. The number of nitrogens with two attached hydrogens (primary N) is 1. The zero-order valence-corrected chi connectivity index (χ0v) is 13.4. The standard InChI is InChI=1S/C20H24N2O/c21-16-6-11-19(12-7-16)23-18-9-4-15(5-10-18)20-13-8-17-3-1-2-14-22(17)20/h4-7,9-12,17,20H,1-3,8,13-14,21H2/t17-,20+/m1/s1. The smallest absolute Gasteiger partial charge is 0.127 e. The summed E-state index contributed by atoms with van der Waals surface area (Å²) < 4.78 is 5.89. The fraction of sp³-hybridized carbons (Fsp3) is 0.400. The van der Waals surface area contributed by atoms with E-state index in [1.807, 2.05) is 24.3 Å². The van der Waals surface area contributed by atoms with Crippen molar-refractivity contribution >= 4 is 5.69 Å². The molecule has 0 spiro atoms. The van der Waals surface area contributed by atoms with E-state index in [2.05, 4.69) is 29.2 Å². The maximum Gasteiger partial charge on any atom is 0.127 e. The van der Waals surface area contributed by atoms with Crippen LogP contribution in [0.4, 0.5) is 5.69 Å². The highest BCUT2D eigenvalue weighted by Crippen LogP contribution is 2.40. The van der Waals surface area contributed by atoms with E-state index in [-0.39, 0.29) is 0 Å². The lowest BCUT2D eigenvalue weighted by atomic mass is 10.0. The van der Waals surface area contributed by atoms with Gasteiger partial charge in [-0.25, -0.2) is 0 Å². The first-order chi connectivity index (χ1) is 11.3. The first-order valence-corrected chi connectivity index (χ1v) is 8.69. The van der Waals surface area contributed by atoms with E-state index < -0.39 is 0 Å². The SMILES string of the molecule is Nc1ccc(Oc2ccc([C@@H]3CC[C@H]4CCCCN43)cc2)cc1. The number of ether oxygens (including phenoxy) is 1. The molecule has 0 radical (unpaired) electrons. The number of nitrogens with zero attached hydrogens (tertiary/aromatic N) is 1. The van der Waals surface area contributed by atoms with Crippen LogP contribution in [-0.4, -0.2) is 17.5 Å². The summed E-state index contributed by atoms with van der Waals surface area (Å²) in [6.45, 7) is 1.26. The highest BCUT2D eigenvalue weighted by Gasteiger charge is 2.35. The molecule has 0 unspecified atom stereocenters. The molecule has 0 bridgehead atoms. The second kappa shape index (κ2) is 6.25. The van der Waals surface area contributed by atoms with Gasteiger partial charge in [-0.2, -0.15) is 0 Å². The van der Waals surface area contributed by atoms with Gasteiger partial charge in [-0.1, -0.05) is 18.6 Å². The molecule has 2 atom stereocenters. The highest BCUT2D eigenvalue weighted by atomic mass is 16.5. The van der Waals surface area contributed by atoms with Crippen LogP contribution in [0.3, 0.4) is 0 Å². The molecular weight excluding hydrogens is 284 g/mol. The monoisotopic (exact) mass is 308 g/mol. The number of anilines is 1. The number of piperidine rings is 1. The van der Waals surface area contributed by atoms with Crippen LogP contribution in [0.2, 0.25) is 0 Å². The van der Waals surface area contributed by atoms with Gasteiger partial charge in [0.2, 0.25) is 0 Å². The van der Waals surface area contributed by atoms with Crippen LogP contribution in [0.25, 0.3) is 0 Å². The highest BCUT2D eigenvalue weighted by molar-refractivity contribution is 5.43. The van der Waals surface area contributed by atoms with Crippen molar-refractivity contribution in [3.63, 3.8) is 0 Å². The number of nitrogen functional groups attached to an aromatic ring is 1. The second-order valence-corrected chi connectivity index (χ2v) is 6.72. The van der Waals surface area contributed by atoms with Crippen molar-refractivity contribution in [2.24, 2.45) is 0 Å². The van der Waals surface area contributed by atoms with E-state index in [0.717, 1.165) is 23.2 Å². The van der Waals surface area contributed by atoms with Crippen LogP contribution in [0.15, 0.2) is 48.5 Å². The van der Waals surface area contributed by atoms with Gasteiger partial charge in [0.1, 0.15) is 11.5 Å². The molecule has 23 heavy (non-hydrogen) atoms. The molecule has 0 aromatic heterocycles. The topological polar surface area (TPSA) is 38.5 Å². The number of benzene rings is 2. The maximum atomic E-state index is 5.89. The zero-order valence-electron chi connectivity index (χ0n) is 13.4. The first-order valence-electron chi connectivity index (χ1n) is 8.69. The van der Waals surface area contributed by atoms with Gasteiger partial charge >= 0.3 is 0 Å². The van der Waals surface area contributed by atoms with Crippen molar-refractivity contribution in [1.29, 1.82) is 0 Å². The molecule has 2 fully saturated rings. The Kier molecular flexibility index (Phi) is 3.96. The molecule has 120 valence electrons. The summed E-state index contributed by atoms with van der Waals surface area (Å²) >= 11 is 0. The maximum absolute atomic E-state index is 5.89. The lowest BCUT2D eigenvalue weighted by molar-refractivity contribution is 0.150. The zero-order chi connectivity index (χ0) is 15.6. The van der Waals surface area contributed by atoms with E-state index in [1.165, 1.54) is 44.2 Å². The van der Waals surface area contributed by atoms with E-state index >= 15 is 0 Å². The van der Waals surface area contributed by atoms with Gasteiger partial charge in [0.25, 0.3) is 0 Å². The Bertz CT molecular complexity index is 650. The average Bonchev–Trinajstić information content (AvgIpc) is 3.02. The summed E-state index contributed by atoms with van der Waals surface area (Å²) in [6.07, 6.45) is 6.79. The van der Waals surface area contributed by atoms with Crippen LogP contribution in [0, 0.1) is 0 Å². The van der Waals surface area contributed by atoms with Gasteiger partial charge in [0.15, 0.2) is 0 Å². The van der Waals surface area contributed by atoms with Gasteiger partial charge in [-0.15, -0.1) is 0 Å². The van der Waals surface area contributed by atoms with Crippen molar-refractivity contribution in [3.8, 4) is 11.5 Å². The lowest BCUT2D eigenvalue weighted by Crippen LogP contribution is -2.35. The predicted molar refractivity (Wildman–Crippen MR) is 93.7 cm³/mol. The fourth-order valence-corrected chi connectivity index (χ4v) is 4.05. The van der Waals surface area contributed by atoms with E-state index in [9.17, 15) is 0 Å². The molecule has 2 aromatic rings. The predicted octanol–water partition coefficient (Wildman–Crippen LogP) is 4.75. The largest absolute Gasteiger partial charge is 0.457 e. The molecule has 3 heteroatoms. The molecule has 4 rings (SSSR count). The molecule has 0 saturated carbocycles. The number of hydrogen-bond acceptors (Lipinski definition) is 3. The molecule has 0 aliphatic carbocycles. The minimum Gasteiger partial charge on any atom is -0.457 e. The van der Waals surface area contributed by atoms with Crippen molar-refractivity contribution in [2.75, 3.05) is 12.3 Å². The Morgan fingerprint density at radius 2 is 1.52 bits per heavy atom. The Morgan fingerprint density at radius 3 is 2.26 bits per heavy atom. The van der Waals surface area contributed by atoms with E-state index in [4.69, 9.17) is 10.5 Å².